The lowest BCUT2D eigenvalue weighted by Crippen LogP contribution is -2.33. The Morgan fingerprint density at radius 2 is 1.92 bits per heavy atom. The lowest BCUT2D eigenvalue weighted by atomic mass is 10.1. The van der Waals surface area contributed by atoms with Gasteiger partial charge in [0.25, 0.3) is 5.56 Å². The summed E-state index contributed by atoms with van der Waals surface area (Å²) in [4.78, 5) is 23.6. The summed E-state index contributed by atoms with van der Waals surface area (Å²) in [5, 5.41) is 22.6. The zero-order valence-electron chi connectivity index (χ0n) is 13.9. The summed E-state index contributed by atoms with van der Waals surface area (Å²) < 4.78 is 6.33. The number of benzene rings is 2. The van der Waals surface area contributed by atoms with Crippen LogP contribution in [0.25, 0.3) is 18.3 Å². The Balaban J connectivity index is 2.14. The molecule has 3 N–H and O–H groups in total. The van der Waals surface area contributed by atoms with Crippen molar-refractivity contribution in [3.8, 4) is 17.2 Å². The van der Waals surface area contributed by atoms with Crippen LogP contribution in [0.5, 0.6) is 11.5 Å². The standard InChI is InChI=1S/C19H16N2O5/c1-11-15(10-13-4-3-5-16(26-2)17(13)22)18(23)21(20-11)14-8-6-12(7-9-14)19(24)25/h3-10,20,22H,1H2,2H3,(H,24,25). The molecule has 0 aliphatic heterocycles. The van der Waals surface area contributed by atoms with Crippen LogP contribution in [0.15, 0.2) is 47.3 Å². The first-order chi connectivity index (χ1) is 12.4. The number of carbonyl (C=O) groups is 1. The molecule has 0 atom stereocenters. The van der Waals surface area contributed by atoms with E-state index in [1.807, 2.05) is 0 Å². The maximum Gasteiger partial charge on any atom is 0.335 e. The molecule has 0 saturated carbocycles. The Morgan fingerprint density at radius 1 is 1.23 bits per heavy atom. The molecule has 3 aromatic rings. The number of carboxylic acid groups (broad SMARTS) is 1. The van der Waals surface area contributed by atoms with Crippen molar-refractivity contribution >= 4 is 18.6 Å². The number of phenols is 1. The number of hydrogen-bond acceptors (Lipinski definition) is 4. The van der Waals surface area contributed by atoms with Crippen LogP contribution >= 0.6 is 0 Å². The van der Waals surface area contributed by atoms with E-state index in [2.05, 4.69) is 11.7 Å². The SMILES string of the molecule is C=c1[nH]n(-c2ccc(C(=O)O)cc2)c(=O)c1=Cc1cccc(OC)c1O. The fourth-order valence-electron chi connectivity index (χ4n) is 2.56. The molecule has 0 fully saturated rings. The molecule has 0 aliphatic rings. The molecule has 0 amide bonds. The van der Waals surface area contributed by atoms with E-state index in [1.54, 1.807) is 18.2 Å². The quantitative estimate of drug-likeness (QED) is 0.645. The molecular weight excluding hydrogens is 336 g/mol. The minimum Gasteiger partial charge on any atom is -0.504 e. The van der Waals surface area contributed by atoms with Crippen molar-refractivity contribution in [3.05, 3.63) is 74.5 Å². The minimum absolute atomic E-state index is 0.0765. The smallest absolute Gasteiger partial charge is 0.335 e. The predicted octanol–water partition coefficient (Wildman–Crippen LogP) is 0.817. The Morgan fingerprint density at radius 3 is 2.54 bits per heavy atom. The summed E-state index contributed by atoms with van der Waals surface area (Å²) in [7, 11) is 1.44. The second-order valence-electron chi connectivity index (χ2n) is 5.54. The first kappa shape index (κ1) is 17.1. The average Bonchev–Trinajstić information content (AvgIpc) is 2.91. The van der Waals surface area contributed by atoms with Crippen LogP contribution in [-0.2, 0) is 0 Å². The van der Waals surface area contributed by atoms with Crippen LogP contribution < -0.4 is 20.9 Å². The molecule has 26 heavy (non-hydrogen) atoms. The van der Waals surface area contributed by atoms with Crippen molar-refractivity contribution in [2.45, 2.75) is 0 Å². The van der Waals surface area contributed by atoms with E-state index in [0.29, 0.717) is 22.3 Å². The normalized spacial score (nSPS) is 11.5. The number of aromatic hydroxyl groups is 1. The molecule has 7 nitrogen and oxygen atoms in total. The maximum atomic E-state index is 12.7. The van der Waals surface area contributed by atoms with Crippen LogP contribution in [0.1, 0.15) is 15.9 Å². The number of carboxylic acids is 1. The number of para-hydroxylation sites is 1. The van der Waals surface area contributed by atoms with E-state index in [9.17, 15) is 14.7 Å². The van der Waals surface area contributed by atoms with Crippen molar-refractivity contribution in [3.63, 3.8) is 0 Å². The largest absolute Gasteiger partial charge is 0.504 e. The first-order valence-electron chi connectivity index (χ1n) is 7.63. The van der Waals surface area contributed by atoms with Gasteiger partial charge in [-0.2, -0.15) is 0 Å². The van der Waals surface area contributed by atoms with Gasteiger partial charge in [-0.3, -0.25) is 9.89 Å². The van der Waals surface area contributed by atoms with Gasteiger partial charge in [-0.1, -0.05) is 18.7 Å². The number of H-pyrrole nitrogens is 1. The third-order valence-electron chi connectivity index (χ3n) is 3.93. The number of aromatic carboxylic acids is 1. The van der Waals surface area contributed by atoms with Crippen molar-refractivity contribution < 1.29 is 19.7 Å². The fraction of sp³-hybridized carbons (Fsp3) is 0.0526. The van der Waals surface area contributed by atoms with Crippen LogP contribution in [-0.4, -0.2) is 33.1 Å². The predicted molar refractivity (Wildman–Crippen MR) is 96.3 cm³/mol. The van der Waals surface area contributed by atoms with Gasteiger partial charge in [0.15, 0.2) is 11.5 Å². The topological polar surface area (TPSA) is 105 Å². The molecule has 0 spiro atoms. The second kappa shape index (κ2) is 6.64. The van der Waals surface area contributed by atoms with E-state index < -0.39 is 5.97 Å². The van der Waals surface area contributed by atoms with Crippen LogP contribution in [0.3, 0.4) is 0 Å². The molecular formula is C19H16N2O5. The van der Waals surface area contributed by atoms with Crippen molar-refractivity contribution in [1.82, 2.24) is 9.78 Å². The summed E-state index contributed by atoms with van der Waals surface area (Å²) >= 11 is 0. The van der Waals surface area contributed by atoms with Crippen LogP contribution in [0.2, 0.25) is 0 Å². The number of rotatable bonds is 4. The van der Waals surface area contributed by atoms with Crippen LogP contribution in [0.4, 0.5) is 0 Å². The lowest BCUT2D eigenvalue weighted by molar-refractivity contribution is 0.0697. The number of hydrogen-bond donors (Lipinski definition) is 3. The average molecular weight is 352 g/mol. The number of aromatic nitrogens is 2. The number of ether oxygens (including phenoxy) is 1. The Labute approximate surface area is 147 Å². The number of methoxy groups -OCH3 is 1. The second-order valence-corrected chi connectivity index (χ2v) is 5.54. The zero-order valence-corrected chi connectivity index (χ0v) is 13.9. The molecule has 0 radical (unpaired) electrons. The van der Waals surface area contributed by atoms with Crippen LogP contribution in [0, 0.1) is 0 Å². The molecule has 0 saturated heterocycles. The molecule has 1 aromatic heterocycles. The molecule has 1 heterocycles. The molecule has 0 bridgehead atoms. The number of nitrogens with one attached hydrogen (secondary N) is 1. The highest BCUT2D eigenvalue weighted by Gasteiger charge is 2.09. The third-order valence-corrected chi connectivity index (χ3v) is 3.93. The number of aromatic amines is 1. The monoisotopic (exact) mass is 352 g/mol. The van der Waals surface area contributed by atoms with E-state index in [-0.39, 0.29) is 22.1 Å². The van der Waals surface area contributed by atoms with E-state index in [1.165, 1.54) is 42.1 Å². The highest BCUT2D eigenvalue weighted by Crippen LogP contribution is 2.29. The van der Waals surface area contributed by atoms with Gasteiger partial charge in [0, 0.05) is 5.56 Å². The molecule has 7 heteroatoms. The van der Waals surface area contributed by atoms with E-state index >= 15 is 0 Å². The highest BCUT2D eigenvalue weighted by atomic mass is 16.5. The van der Waals surface area contributed by atoms with Crippen molar-refractivity contribution in [2.75, 3.05) is 7.11 Å². The molecule has 2 aromatic carbocycles. The van der Waals surface area contributed by atoms with Gasteiger partial charge in [0.1, 0.15) is 0 Å². The fourth-order valence-corrected chi connectivity index (χ4v) is 2.56. The summed E-state index contributed by atoms with van der Waals surface area (Å²) in [6, 6.07) is 10.8. The summed E-state index contributed by atoms with van der Waals surface area (Å²) in [5.41, 5.74) is 0.634. The van der Waals surface area contributed by atoms with Gasteiger partial charge in [-0.05, 0) is 36.4 Å². The van der Waals surface area contributed by atoms with Gasteiger partial charge >= 0.3 is 5.97 Å². The third kappa shape index (κ3) is 2.98. The van der Waals surface area contributed by atoms with E-state index in [0.717, 1.165) is 0 Å². The highest BCUT2D eigenvalue weighted by molar-refractivity contribution is 5.87. The first-order valence-corrected chi connectivity index (χ1v) is 7.63. The van der Waals surface area contributed by atoms with Gasteiger partial charge in [0.05, 0.1) is 28.9 Å². The Kier molecular flexibility index (Phi) is 4.36. The summed E-state index contributed by atoms with van der Waals surface area (Å²) in [6.07, 6.45) is 1.52. The number of phenolic OH excluding ortho intramolecular Hbond substituents is 1. The molecule has 3 rings (SSSR count). The molecule has 0 aliphatic carbocycles. The van der Waals surface area contributed by atoms with Crippen molar-refractivity contribution in [2.24, 2.45) is 0 Å². The van der Waals surface area contributed by atoms with Gasteiger partial charge in [-0.15, -0.1) is 0 Å². The Hall–Kier alpha value is -3.74. The molecule has 0 unspecified atom stereocenters. The molecule has 132 valence electrons. The van der Waals surface area contributed by atoms with Crippen molar-refractivity contribution in [1.29, 1.82) is 0 Å². The minimum atomic E-state index is -1.05. The van der Waals surface area contributed by atoms with Gasteiger partial charge < -0.3 is 14.9 Å². The van der Waals surface area contributed by atoms with E-state index in [4.69, 9.17) is 9.84 Å². The van der Waals surface area contributed by atoms with Gasteiger partial charge in [-0.25, -0.2) is 9.48 Å². The Bertz CT molecular complexity index is 1140. The summed E-state index contributed by atoms with van der Waals surface area (Å²) in [5.74, 6) is -0.826. The number of nitrogens with zero attached hydrogens (tertiary/aromatic N) is 1. The zero-order chi connectivity index (χ0) is 18.8. The lowest BCUT2D eigenvalue weighted by Gasteiger charge is -2.04. The van der Waals surface area contributed by atoms with Gasteiger partial charge in [0.2, 0.25) is 0 Å². The maximum absolute atomic E-state index is 12.7. The summed E-state index contributed by atoms with van der Waals surface area (Å²) in [6.45, 7) is 3.83.